The molecule has 5 nitrogen and oxygen atoms in total. The molecule has 0 bridgehead atoms. The average molecular weight is 369 g/mol. The molecule has 0 aromatic heterocycles. The molecular weight excluding hydrogens is 340 g/mol. The van der Waals surface area contributed by atoms with Gasteiger partial charge in [-0.25, -0.2) is 0 Å². The number of hydrogen-bond donors (Lipinski definition) is 2. The maximum absolute atomic E-state index is 12.4. The van der Waals surface area contributed by atoms with Gasteiger partial charge in [0, 0.05) is 17.7 Å². The van der Waals surface area contributed by atoms with Gasteiger partial charge >= 0.3 is 0 Å². The van der Waals surface area contributed by atoms with E-state index in [0.29, 0.717) is 19.8 Å². The Morgan fingerprint density at radius 1 is 1.04 bits per heavy atom. The Bertz CT molecular complexity index is 787. The first kappa shape index (κ1) is 19.2. The topological polar surface area (TPSA) is 52.0 Å². The number of nitrogens with one attached hydrogen (secondary N) is 2. The van der Waals surface area contributed by atoms with E-state index in [0.717, 1.165) is 36.7 Å². The third-order valence-electron chi connectivity index (χ3n) is 4.80. The highest BCUT2D eigenvalue weighted by Crippen LogP contribution is 2.32. The summed E-state index contributed by atoms with van der Waals surface area (Å²) in [6.45, 7) is 9.44. The van der Waals surface area contributed by atoms with E-state index >= 15 is 0 Å². The SMILES string of the molecule is CCOc1cc2c(cc1OCC)C[NH+](CC(=O)Nc1ccc(C)cc1)CC2. The molecule has 0 radical (unpaired) electrons. The van der Waals surface area contributed by atoms with E-state index < -0.39 is 0 Å². The lowest BCUT2D eigenvalue weighted by molar-refractivity contribution is -0.907. The average Bonchev–Trinajstić information content (AvgIpc) is 2.64. The molecule has 1 heterocycles. The molecule has 1 amide bonds. The number of fused-ring (bicyclic) bond motifs is 1. The van der Waals surface area contributed by atoms with Gasteiger partial charge in [0.15, 0.2) is 18.0 Å². The van der Waals surface area contributed by atoms with Crippen LogP contribution in [0.25, 0.3) is 0 Å². The van der Waals surface area contributed by atoms with E-state index in [1.807, 2.05) is 45.0 Å². The first-order valence-electron chi connectivity index (χ1n) is 9.70. The molecule has 0 spiro atoms. The quantitative estimate of drug-likeness (QED) is 0.788. The van der Waals surface area contributed by atoms with E-state index in [4.69, 9.17) is 9.47 Å². The predicted octanol–water partition coefficient (Wildman–Crippen LogP) is 2.37. The second-order valence-corrected chi connectivity index (χ2v) is 6.95. The third kappa shape index (κ3) is 5.01. The lowest BCUT2D eigenvalue weighted by atomic mass is 9.98. The van der Waals surface area contributed by atoms with Crippen LogP contribution in [0.1, 0.15) is 30.5 Å². The normalized spacial score (nSPS) is 15.7. The fourth-order valence-electron chi connectivity index (χ4n) is 3.47. The van der Waals surface area contributed by atoms with Gasteiger partial charge in [-0.3, -0.25) is 4.79 Å². The van der Waals surface area contributed by atoms with Crippen molar-refractivity contribution in [3.63, 3.8) is 0 Å². The molecule has 27 heavy (non-hydrogen) atoms. The third-order valence-corrected chi connectivity index (χ3v) is 4.80. The van der Waals surface area contributed by atoms with Crippen molar-refractivity contribution in [1.82, 2.24) is 0 Å². The van der Waals surface area contributed by atoms with E-state index in [2.05, 4.69) is 17.4 Å². The molecule has 1 aliphatic heterocycles. The minimum absolute atomic E-state index is 0.0493. The Morgan fingerprint density at radius 3 is 2.30 bits per heavy atom. The van der Waals surface area contributed by atoms with Gasteiger partial charge in [0.2, 0.25) is 0 Å². The van der Waals surface area contributed by atoms with Crippen molar-refractivity contribution in [3.05, 3.63) is 53.1 Å². The smallest absolute Gasteiger partial charge is 0.279 e. The second-order valence-electron chi connectivity index (χ2n) is 6.95. The predicted molar refractivity (Wildman–Crippen MR) is 107 cm³/mol. The minimum atomic E-state index is 0.0493. The fraction of sp³-hybridized carbons (Fsp3) is 0.409. The van der Waals surface area contributed by atoms with Crippen LogP contribution in [0.5, 0.6) is 11.5 Å². The summed E-state index contributed by atoms with van der Waals surface area (Å²) in [6.07, 6.45) is 0.939. The summed E-state index contributed by atoms with van der Waals surface area (Å²) in [7, 11) is 0. The zero-order valence-electron chi connectivity index (χ0n) is 16.4. The number of benzene rings is 2. The van der Waals surface area contributed by atoms with Gasteiger partial charge in [-0.05, 0) is 50.6 Å². The number of amides is 1. The summed E-state index contributed by atoms with van der Waals surface area (Å²) in [5, 5.41) is 2.99. The van der Waals surface area contributed by atoms with Crippen molar-refractivity contribution in [2.75, 3.05) is 31.6 Å². The first-order chi connectivity index (χ1) is 13.1. The standard InChI is InChI=1S/C22H28N2O3/c1-4-26-20-12-17-10-11-24(14-18(17)13-21(20)27-5-2)15-22(25)23-19-8-6-16(3)7-9-19/h6-9,12-13H,4-5,10-11,14-15H2,1-3H3,(H,23,25)/p+1. The van der Waals surface area contributed by atoms with Crippen molar-refractivity contribution in [3.8, 4) is 11.5 Å². The van der Waals surface area contributed by atoms with Crippen LogP contribution in [0.2, 0.25) is 0 Å². The van der Waals surface area contributed by atoms with Crippen LogP contribution >= 0.6 is 0 Å². The lowest BCUT2D eigenvalue weighted by Gasteiger charge is -2.26. The fourth-order valence-corrected chi connectivity index (χ4v) is 3.47. The molecule has 1 atom stereocenters. The van der Waals surface area contributed by atoms with Crippen LogP contribution in [-0.2, 0) is 17.8 Å². The van der Waals surface area contributed by atoms with Crippen molar-refractivity contribution < 1.29 is 19.2 Å². The van der Waals surface area contributed by atoms with Gasteiger partial charge in [-0.15, -0.1) is 0 Å². The van der Waals surface area contributed by atoms with Gasteiger partial charge in [0.05, 0.1) is 19.8 Å². The molecule has 0 fully saturated rings. The number of rotatable bonds is 7. The Labute approximate surface area is 161 Å². The van der Waals surface area contributed by atoms with E-state index in [1.165, 1.54) is 21.6 Å². The monoisotopic (exact) mass is 369 g/mol. The van der Waals surface area contributed by atoms with Crippen LogP contribution in [0, 0.1) is 6.92 Å². The van der Waals surface area contributed by atoms with Crippen molar-refractivity contribution in [2.45, 2.75) is 33.7 Å². The Balaban J connectivity index is 1.65. The van der Waals surface area contributed by atoms with Gasteiger partial charge in [-0.1, -0.05) is 17.7 Å². The summed E-state index contributed by atoms with van der Waals surface area (Å²) < 4.78 is 11.5. The number of carbonyl (C=O) groups excluding carboxylic acids is 1. The van der Waals surface area contributed by atoms with Crippen LogP contribution in [-0.4, -0.2) is 32.2 Å². The number of ether oxygens (including phenoxy) is 2. The number of anilines is 1. The summed E-state index contributed by atoms with van der Waals surface area (Å²) in [4.78, 5) is 13.7. The van der Waals surface area contributed by atoms with Gasteiger partial charge in [-0.2, -0.15) is 0 Å². The number of hydrogen-bond acceptors (Lipinski definition) is 3. The van der Waals surface area contributed by atoms with E-state index in [1.54, 1.807) is 0 Å². The molecule has 1 aliphatic rings. The Morgan fingerprint density at radius 2 is 1.67 bits per heavy atom. The van der Waals surface area contributed by atoms with Gasteiger partial charge in [0.25, 0.3) is 5.91 Å². The number of aryl methyl sites for hydroxylation is 1. The molecule has 5 heteroatoms. The Hall–Kier alpha value is -2.53. The lowest BCUT2D eigenvalue weighted by Crippen LogP contribution is -3.12. The van der Waals surface area contributed by atoms with Crippen LogP contribution < -0.4 is 19.7 Å². The summed E-state index contributed by atoms with van der Waals surface area (Å²) in [6, 6.07) is 12.1. The van der Waals surface area contributed by atoms with E-state index in [-0.39, 0.29) is 5.91 Å². The summed E-state index contributed by atoms with van der Waals surface area (Å²) in [5.74, 6) is 1.66. The number of quaternary nitrogens is 1. The molecule has 0 saturated carbocycles. The molecule has 1 unspecified atom stereocenters. The van der Waals surface area contributed by atoms with Crippen LogP contribution in [0.4, 0.5) is 5.69 Å². The first-order valence-corrected chi connectivity index (χ1v) is 9.70. The molecule has 2 aromatic carbocycles. The molecule has 3 rings (SSSR count). The summed E-state index contributed by atoms with van der Waals surface area (Å²) >= 11 is 0. The summed E-state index contributed by atoms with van der Waals surface area (Å²) in [5.41, 5.74) is 4.57. The highest BCUT2D eigenvalue weighted by atomic mass is 16.5. The molecule has 0 aliphatic carbocycles. The van der Waals surface area contributed by atoms with Crippen molar-refractivity contribution in [1.29, 1.82) is 0 Å². The van der Waals surface area contributed by atoms with E-state index in [9.17, 15) is 4.79 Å². The molecule has 2 aromatic rings. The largest absolute Gasteiger partial charge is 0.490 e. The van der Waals surface area contributed by atoms with Crippen molar-refractivity contribution >= 4 is 11.6 Å². The molecule has 2 N–H and O–H groups in total. The zero-order chi connectivity index (χ0) is 19.2. The Kier molecular flexibility index (Phi) is 6.35. The van der Waals surface area contributed by atoms with Gasteiger partial charge < -0.3 is 19.7 Å². The second kappa shape index (κ2) is 8.91. The van der Waals surface area contributed by atoms with Crippen molar-refractivity contribution in [2.24, 2.45) is 0 Å². The highest BCUT2D eigenvalue weighted by Gasteiger charge is 2.24. The highest BCUT2D eigenvalue weighted by molar-refractivity contribution is 5.91. The number of carbonyl (C=O) groups is 1. The van der Waals surface area contributed by atoms with Crippen LogP contribution in [0.3, 0.4) is 0 Å². The molecule has 0 saturated heterocycles. The zero-order valence-corrected chi connectivity index (χ0v) is 16.4. The molecular formula is C22H29N2O3+. The van der Waals surface area contributed by atoms with Crippen LogP contribution in [0.15, 0.2) is 36.4 Å². The molecule has 144 valence electrons. The maximum atomic E-state index is 12.4. The van der Waals surface area contributed by atoms with Gasteiger partial charge in [0.1, 0.15) is 6.54 Å². The maximum Gasteiger partial charge on any atom is 0.279 e. The minimum Gasteiger partial charge on any atom is -0.490 e.